The number of hydrogen-bond acceptors (Lipinski definition) is 5. The van der Waals surface area contributed by atoms with Gasteiger partial charge in [-0.05, 0) is 56.0 Å². The van der Waals surface area contributed by atoms with Crippen molar-refractivity contribution in [2.45, 2.75) is 51.6 Å². The molecule has 1 aliphatic heterocycles. The number of rotatable bonds is 6. The van der Waals surface area contributed by atoms with E-state index in [4.69, 9.17) is 9.47 Å². The largest absolute Gasteiger partial charge is 0.493 e. The zero-order chi connectivity index (χ0) is 20.5. The quantitative estimate of drug-likeness (QED) is 0.758. The summed E-state index contributed by atoms with van der Waals surface area (Å²) in [5.74, 6) is 1.44. The molecule has 2 atom stereocenters. The van der Waals surface area contributed by atoms with Crippen molar-refractivity contribution in [3.8, 4) is 11.5 Å². The van der Waals surface area contributed by atoms with Gasteiger partial charge in [-0.15, -0.1) is 0 Å². The highest BCUT2D eigenvalue weighted by Gasteiger charge is 2.54. The molecule has 3 amide bonds. The maximum atomic E-state index is 13.1. The van der Waals surface area contributed by atoms with Crippen molar-refractivity contribution in [1.29, 1.82) is 0 Å². The van der Waals surface area contributed by atoms with Crippen LogP contribution in [-0.2, 0) is 11.3 Å². The van der Waals surface area contributed by atoms with E-state index in [1.807, 2.05) is 31.0 Å². The molecule has 2 aliphatic rings. The first-order valence-corrected chi connectivity index (χ1v) is 9.86. The number of nitrogens with zero attached hydrogens (tertiary/aromatic N) is 2. The Morgan fingerprint density at radius 2 is 1.89 bits per heavy atom. The van der Waals surface area contributed by atoms with Crippen LogP contribution in [0.5, 0.6) is 11.5 Å². The Hall–Kier alpha value is -2.28. The Morgan fingerprint density at radius 1 is 1.21 bits per heavy atom. The number of carbonyl (C=O) groups excluding carboxylic acids is 2. The zero-order valence-electron chi connectivity index (χ0n) is 17.5. The number of urea groups is 1. The molecule has 3 rings (SSSR count). The van der Waals surface area contributed by atoms with Crippen molar-refractivity contribution in [3.05, 3.63) is 23.3 Å². The third kappa shape index (κ3) is 3.55. The van der Waals surface area contributed by atoms with Crippen LogP contribution in [0.3, 0.4) is 0 Å². The van der Waals surface area contributed by atoms with Crippen LogP contribution in [0, 0.1) is 12.8 Å². The van der Waals surface area contributed by atoms with Crippen molar-refractivity contribution in [1.82, 2.24) is 15.1 Å². The van der Waals surface area contributed by atoms with Crippen LogP contribution in [0.25, 0.3) is 0 Å². The van der Waals surface area contributed by atoms with Gasteiger partial charge < -0.3 is 14.8 Å². The molecule has 1 aromatic rings. The molecule has 1 saturated heterocycles. The molecule has 1 aliphatic carbocycles. The topological polar surface area (TPSA) is 71.1 Å². The summed E-state index contributed by atoms with van der Waals surface area (Å²) in [6, 6.07) is 3.60. The van der Waals surface area contributed by atoms with Gasteiger partial charge in [-0.1, -0.05) is 19.8 Å². The molecule has 1 aromatic carbocycles. The summed E-state index contributed by atoms with van der Waals surface area (Å²) in [4.78, 5) is 29.0. The van der Waals surface area contributed by atoms with E-state index in [-0.39, 0.29) is 24.5 Å². The maximum absolute atomic E-state index is 13.1. The van der Waals surface area contributed by atoms with Crippen LogP contribution in [0.2, 0.25) is 0 Å². The number of imide groups is 1. The Morgan fingerprint density at radius 3 is 2.54 bits per heavy atom. The first-order chi connectivity index (χ1) is 13.3. The number of hydrogen-bond donors (Lipinski definition) is 1. The van der Waals surface area contributed by atoms with Crippen molar-refractivity contribution in [2.75, 3.05) is 27.9 Å². The summed E-state index contributed by atoms with van der Waals surface area (Å²) in [5, 5.41) is 3.01. The maximum Gasteiger partial charge on any atom is 0.326 e. The van der Waals surface area contributed by atoms with Crippen LogP contribution in [0.1, 0.15) is 43.7 Å². The minimum absolute atomic E-state index is 0.0828. The van der Waals surface area contributed by atoms with E-state index in [1.165, 1.54) is 4.90 Å². The fourth-order valence-corrected chi connectivity index (χ4v) is 4.40. The molecule has 1 heterocycles. The van der Waals surface area contributed by atoms with E-state index in [9.17, 15) is 9.59 Å². The number of amides is 3. The highest BCUT2D eigenvalue weighted by atomic mass is 16.5. The summed E-state index contributed by atoms with van der Waals surface area (Å²) in [6.45, 7) is 4.92. The van der Waals surface area contributed by atoms with Crippen molar-refractivity contribution in [3.63, 3.8) is 0 Å². The SMILES string of the molecule is COc1cc(C)c(CN(C)CN2C(=O)N[C@]3(CCCC[C@@H]3C)C2=O)cc1OC. The normalized spacial score (nSPS) is 24.8. The molecule has 1 N–H and O–H groups in total. The van der Waals surface area contributed by atoms with Crippen LogP contribution in [-0.4, -0.2) is 55.2 Å². The first-order valence-electron chi connectivity index (χ1n) is 9.86. The third-order valence-corrected chi connectivity index (χ3v) is 6.17. The fourth-order valence-electron chi connectivity index (χ4n) is 4.40. The zero-order valence-corrected chi connectivity index (χ0v) is 17.5. The lowest BCUT2D eigenvalue weighted by atomic mass is 9.73. The molecular formula is C21H31N3O4. The first kappa shape index (κ1) is 20.5. The summed E-state index contributed by atoms with van der Waals surface area (Å²) in [5.41, 5.74) is 1.42. The molecule has 2 fully saturated rings. The lowest BCUT2D eigenvalue weighted by molar-refractivity contribution is -0.135. The second-order valence-corrected chi connectivity index (χ2v) is 8.07. The Balaban J connectivity index is 1.72. The van der Waals surface area contributed by atoms with Gasteiger partial charge in [0.1, 0.15) is 5.54 Å². The molecular weight excluding hydrogens is 358 g/mol. The summed E-state index contributed by atoms with van der Waals surface area (Å²) in [7, 11) is 5.13. The average Bonchev–Trinajstić information content (AvgIpc) is 2.90. The van der Waals surface area contributed by atoms with Gasteiger partial charge in [0.05, 0.1) is 20.9 Å². The van der Waals surface area contributed by atoms with Gasteiger partial charge in [0.25, 0.3) is 5.91 Å². The Labute approximate surface area is 167 Å². The van der Waals surface area contributed by atoms with Crippen LogP contribution >= 0.6 is 0 Å². The van der Waals surface area contributed by atoms with Gasteiger partial charge in [0.15, 0.2) is 11.5 Å². The van der Waals surface area contributed by atoms with Gasteiger partial charge in [-0.2, -0.15) is 0 Å². The van der Waals surface area contributed by atoms with Gasteiger partial charge >= 0.3 is 6.03 Å². The average molecular weight is 389 g/mol. The molecule has 0 radical (unpaired) electrons. The van der Waals surface area contributed by atoms with Crippen molar-refractivity contribution >= 4 is 11.9 Å². The minimum Gasteiger partial charge on any atom is -0.493 e. The van der Waals surface area contributed by atoms with Crippen molar-refractivity contribution in [2.24, 2.45) is 5.92 Å². The van der Waals surface area contributed by atoms with E-state index >= 15 is 0 Å². The molecule has 1 saturated carbocycles. The smallest absolute Gasteiger partial charge is 0.326 e. The highest BCUT2D eigenvalue weighted by Crippen LogP contribution is 2.38. The molecule has 154 valence electrons. The predicted octanol–water partition coefficient (Wildman–Crippen LogP) is 2.90. The van der Waals surface area contributed by atoms with Crippen LogP contribution in [0.15, 0.2) is 12.1 Å². The fraction of sp³-hybridized carbons (Fsp3) is 0.619. The molecule has 28 heavy (non-hydrogen) atoms. The Bertz CT molecular complexity index is 766. The van der Waals surface area contributed by atoms with Gasteiger partial charge in [-0.3, -0.25) is 9.69 Å². The molecule has 7 heteroatoms. The van der Waals surface area contributed by atoms with E-state index in [2.05, 4.69) is 12.2 Å². The number of aryl methyl sites for hydroxylation is 1. The number of methoxy groups -OCH3 is 2. The lowest BCUT2D eigenvalue weighted by Gasteiger charge is -2.37. The van der Waals surface area contributed by atoms with E-state index in [1.54, 1.807) is 14.2 Å². The number of carbonyl (C=O) groups is 2. The monoisotopic (exact) mass is 389 g/mol. The summed E-state index contributed by atoms with van der Waals surface area (Å²) < 4.78 is 10.7. The van der Waals surface area contributed by atoms with Crippen LogP contribution in [0.4, 0.5) is 4.79 Å². The number of ether oxygens (including phenoxy) is 2. The number of benzene rings is 1. The van der Waals surface area contributed by atoms with E-state index < -0.39 is 5.54 Å². The van der Waals surface area contributed by atoms with Gasteiger partial charge in [0, 0.05) is 6.54 Å². The molecule has 1 spiro atoms. The van der Waals surface area contributed by atoms with Crippen LogP contribution < -0.4 is 14.8 Å². The van der Waals surface area contributed by atoms with E-state index in [0.29, 0.717) is 18.0 Å². The summed E-state index contributed by atoms with van der Waals surface area (Å²) >= 11 is 0. The molecule has 0 aromatic heterocycles. The van der Waals surface area contributed by atoms with Gasteiger partial charge in [0.2, 0.25) is 0 Å². The highest BCUT2D eigenvalue weighted by molar-refractivity contribution is 6.07. The van der Waals surface area contributed by atoms with E-state index in [0.717, 1.165) is 36.8 Å². The molecule has 7 nitrogen and oxygen atoms in total. The predicted molar refractivity (Wildman–Crippen MR) is 106 cm³/mol. The standard InChI is InChI=1S/C21H31N3O4/c1-14-10-17(27-4)18(28-5)11-16(14)12-23(3)13-24-19(25)21(22-20(24)26)9-7-6-8-15(21)2/h10-11,15H,6-9,12-13H2,1-5H3,(H,22,26)/t15-,21-/m0/s1. The van der Waals surface area contributed by atoms with Crippen molar-refractivity contribution < 1.29 is 19.1 Å². The number of nitrogens with one attached hydrogen (secondary N) is 1. The van der Waals surface area contributed by atoms with Gasteiger partial charge in [-0.25, -0.2) is 9.69 Å². The minimum atomic E-state index is -0.713. The molecule has 0 bridgehead atoms. The molecule has 0 unspecified atom stereocenters. The second-order valence-electron chi connectivity index (χ2n) is 8.07. The third-order valence-electron chi connectivity index (χ3n) is 6.17. The lowest BCUT2D eigenvalue weighted by Crippen LogP contribution is -2.54. The second kappa shape index (κ2) is 7.99. The Kier molecular flexibility index (Phi) is 5.84. The summed E-state index contributed by atoms with van der Waals surface area (Å²) in [6.07, 6.45) is 3.80.